The van der Waals surface area contributed by atoms with Crippen molar-refractivity contribution in [3.8, 4) is 0 Å². The third-order valence-electron chi connectivity index (χ3n) is 2.64. The Morgan fingerprint density at radius 1 is 1.28 bits per heavy atom. The van der Waals surface area contributed by atoms with Gasteiger partial charge in [0.05, 0.1) is 0 Å². The maximum atomic E-state index is 4.30. The molecule has 2 N–H and O–H groups in total. The lowest BCUT2D eigenvalue weighted by molar-refractivity contribution is 0.770. The van der Waals surface area contributed by atoms with Crippen molar-refractivity contribution in [1.82, 2.24) is 19.7 Å². The Morgan fingerprint density at radius 2 is 2.06 bits per heavy atom. The molecular weight excluding hydrogens is 228 g/mol. The standard InChI is InChI=1S/C12H18N6/c1-4-5-9-11(13-2)14-8-15-12(9)16-10-6-7-18(3)17-10/h6-8H,4-5H2,1-3H3,(H2,13,14,15,16,17). The molecule has 0 aliphatic carbocycles. The zero-order chi connectivity index (χ0) is 13.0. The molecule has 6 nitrogen and oxygen atoms in total. The molecule has 2 aromatic heterocycles. The average molecular weight is 246 g/mol. The number of aromatic nitrogens is 4. The van der Waals surface area contributed by atoms with E-state index in [1.807, 2.05) is 26.4 Å². The minimum atomic E-state index is 0.788. The van der Waals surface area contributed by atoms with E-state index in [1.165, 1.54) is 0 Å². The average Bonchev–Trinajstić information content (AvgIpc) is 2.77. The fourth-order valence-electron chi connectivity index (χ4n) is 1.83. The number of rotatable bonds is 5. The summed E-state index contributed by atoms with van der Waals surface area (Å²) in [5, 5.41) is 10.6. The quantitative estimate of drug-likeness (QED) is 0.844. The fraction of sp³-hybridized carbons (Fsp3) is 0.417. The van der Waals surface area contributed by atoms with Gasteiger partial charge < -0.3 is 10.6 Å². The molecule has 0 bridgehead atoms. The second-order valence-corrected chi connectivity index (χ2v) is 4.05. The van der Waals surface area contributed by atoms with Crippen LogP contribution in [0.2, 0.25) is 0 Å². The van der Waals surface area contributed by atoms with Crippen LogP contribution in [0.5, 0.6) is 0 Å². The highest BCUT2D eigenvalue weighted by molar-refractivity contribution is 5.62. The lowest BCUT2D eigenvalue weighted by atomic mass is 10.1. The van der Waals surface area contributed by atoms with E-state index in [4.69, 9.17) is 0 Å². The maximum Gasteiger partial charge on any atom is 0.153 e. The molecule has 0 unspecified atom stereocenters. The fourth-order valence-corrected chi connectivity index (χ4v) is 1.83. The molecule has 2 heterocycles. The SMILES string of the molecule is CCCc1c(NC)ncnc1Nc1ccn(C)n1. The van der Waals surface area contributed by atoms with Crippen molar-refractivity contribution in [2.75, 3.05) is 17.7 Å². The van der Waals surface area contributed by atoms with Gasteiger partial charge in [0.15, 0.2) is 5.82 Å². The van der Waals surface area contributed by atoms with Gasteiger partial charge in [-0.3, -0.25) is 4.68 Å². The van der Waals surface area contributed by atoms with Gasteiger partial charge >= 0.3 is 0 Å². The van der Waals surface area contributed by atoms with Gasteiger partial charge in [-0.15, -0.1) is 0 Å². The zero-order valence-electron chi connectivity index (χ0n) is 10.9. The Labute approximate surface area is 106 Å². The Bertz CT molecular complexity index is 519. The van der Waals surface area contributed by atoms with Crippen LogP contribution in [0.25, 0.3) is 0 Å². The van der Waals surface area contributed by atoms with Gasteiger partial charge in [-0.2, -0.15) is 5.10 Å². The molecule has 2 rings (SSSR count). The topological polar surface area (TPSA) is 67.7 Å². The van der Waals surface area contributed by atoms with E-state index in [1.54, 1.807) is 11.0 Å². The van der Waals surface area contributed by atoms with E-state index in [-0.39, 0.29) is 0 Å². The second kappa shape index (κ2) is 5.48. The predicted molar refractivity (Wildman–Crippen MR) is 72.1 cm³/mol. The van der Waals surface area contributed by atoms with E-state index in [0.29, 0.717) is 0 Å². The van der Waals surface area contributed by atoms with Crippen molar-refractivity contribution in [2.24, 2.45) is 7.05 Å². The van der Waals surface area contributed by atoms with Gasteiger partial charge in [-0.1, -0.05) is 13.3 Å². The second-order valence-electron chi connectivity index (χ2n) is 4.05. The van der Waals surface area contributed by atoms with Crippen LogP contribution < -0.4 is 10.6 Å². The third-order valence-corrected chi connectivity index (χ3v) is 2.64. The Morgan fingerprint density at radius 3 is 2.67 bits per heavy atom. The van der Waals surface area contributed by atoms with Gasteiger partial charge in [0.1, 0.15) is 18.0 Å². The molecule has 0 aliphatic heterocycles. The first-order valence-corrected chi connectivity index (χ1v) is 6.03. The summed E-state index contributed by atoms with van der Waals surface area (Å²) in [5.74, 6) is 2.47. The summed E-state index contributed by atoms with van der Waals surface area (Å²) in [6.07, 6.45) is 5.41. The number of aryl methyl sites for hydroxylation is 1. The molecule has 18 heavy (non-hydrogen) atoms. The first-order chi connectivity index (χ1) is 8.74. The Kier molecular flexibility index (Phi) is 3.76. The highest BCUT2D eigenvalue weighted by atomic mass is 15.3. The summed E-state index contributed by atoms with van der Waals surface area (Å²) < 4.78 is 1.75. The van der Waals surface area contributed by atoms with Crippen molar-refractivity contribution in [2.45, 2.75) is 19.8 Å². The normalized spacial score (nSPS) is 10.4. The molecule has 0 saturated heterocycles. The van der Waals surface area contributed by atoms with E-state index >= 15 is 0 Å². The monoisotopic (exact) mass is 246 g/mol. The van der Waals surface area contributed by atoms with Crippen LogP contribution in [0.15, 0.2) is 18.6 Å². The molecule has 0 fully saturated rings. The number of nitrogens with one attached hydrogen (secondary N) is 2. The molecule has 96 valence electrons. The van der Waals surface area contributed by atoms with E-state index < -0.39 is 0 Å². The van der Waals surface area contributed by atoms with Crippen molar-refractivity contribution < 1.29 is 0 Å². The number of anilines is 3. The molecule has 0 aliphatic rings. The van der Waals surface area contributed by atoms with Gasteiger partial charge in [-0.05, 0) is 6.42 Å². The molecule has 0 aromatic carbocycles. The lowest BCUT2D eigenvalue weighted by Crippen LogP contribution is -2.06. The van der Waals surface area contributed by atoms with Crippen molar-refractivity contribution in [1.29, 1.82) is 0 Å². The number of nitrogens with zero attached hydrogens (tertiary/aromatic N) is 4. The van der Waals surface area contributed by atoms with Crippen molar-refractivity contribution >= 4 is 17.5 Å². The number of hydrogen-bond acceptors (Lipinski definition) is 5. The van der Waals surface area contributed by atoms with Crippen molar-refractivity contribution in [3.63, 3.8) is 0 Å². The zero-order valence-corrected chi connectivity index (χ0v) is 10.9. The van der Waals surface area contributed by atoms with Crippen LogP contribution in [0.3, 0.4) is 0 Å². The first-order valence-electron chi connectivity index (χ1n) is 6.03. The maximum absolute atomic E-state index is 4.30. The van der Waals surface area contributed by atoms with Crippen LogP contribution in [0.4, 0.5) is 17.5 Å². The van der Waals surface area contributed by atoms with Crippen LogP contribution in [0, 0.1) is 0 Å². The molecule has 0 atom stereocenters. The summed E-state index contributed by atoms with van der Waals surface area (Å²) in [6.45, 7) is 2.14. The Hall–Kier alpha value is -2.11. The molecule has 0 spiro atoms. The highest BCUT2D eigenvalue weighted by Crippen LogP contribution is 2.23. The largest absolute Gasteiger partial charge is 0.373 e. The van der Waals surface area contributed by atoms with E-state index in [9.17, 15) is 0 Å². The van der Waals surface area contributed by atoms with Gasteiger partial charge in [-0.25, -0.2) is 9.97 Å². The third kappa shape index (κ3) is 2.58. The van der Waals surface area contributed by atoms with Crippen LogP contribution in [-0.4, -0.2) is 26.8 Å². The summed E-state index contributed by atoms with van der Waals surface area (Å²) in [7, 11) is 3.75. The van der Waals surface area contributed by atoms with Crippen LogP contribution >= 0.6 is 0 Å². The molecule has 0 radical (unpaired) electrons. The summed E-state index contributed by atoms with van der Waals surface area (Å²) in [4.78, 5) is 8.53. The molecule has 0 saturated carbocycles. The van der Waals surface area contributed by atoms with Crippen LogP contribution in [-0.2, 0) is 13.5 Å². The van der Waals surface area contributed by atoms with E-state index in [0.717, 1.165) is 35.9 Å². The van der Waals surface area contributed by atoms with Gasteiger partial charge in [0, 0.05) is 31.9 Å². The molecule has 6 heteroatoms. The lowest BCUT2D eigenvalue weighted by Gasteiger charge is -2.12. The van der Waals surface area contributed by atoms with Gasteiger partial charge in [0.2, 0.25) is 0 Å². The van der Waals surface area contributed by atoms with E-state index in [2.05, 4.69) is 32.6 Å². The molecule has 0 amide bonds. The molecular formula is C12H18N6. The highest BCUT2D eigenvalue weighted by Gasteiger charge is 2.10. The smallest absolute Gasteiger partial charge is 0.153 e. The van der Waals surface area contributed by atoms with Crippen molar-refractivity contribution in [3.05, 3.63) is 24.2 Å². The predicted octanol–water partition coefficient (Wildman–Crippen LogP) is 1.95. The minimum Gasteiger partial charge on any atom is -0.373 e. The molecule has 2 aromatic rings. The van der Waals surface area contributed by atoms with Gasteiger partial charge in [0.25, 0.3) is 0 Å². The summed E-state index contributed by atoms with van der Waals surface area (Å²) in [6, 6.07) is 1.91. The van der Waals surface area contributed by atoms with Crippen LogP contribution in [0.1, 0.15) is 18.9 Å². The Balaban J connectivity index is 2.31. The summed E-state index contributed by atoms with van der Waals surface area (Å²) in [5.41, 5.74) is 1.09. The summed E-state index contributed by atoms with van der Waals surface area (Å²) >= 11 is 0. The first kappa shape index (κ1) is 12.3. The number of hydrogen-bond donors (Lipinski definition) is 2. The minimum absolute atomic E-state index is 0.788.